The molecule has 4 N–H and O–H groups in total. The fraction of sp³-hybridized carbons (Fsp3) is 0.346. The number of carbonyl (C=O) groups is 1. The van der Waals surface area contributed by atoms with Crippen LogP contribution in [0.4, 0.5) is 11.4 Å². The first-order valence-electron chi connectivity index (χ1n) is 11.4. The highest BCUT2D eigenvalue weighted by Gasteiger charge is 2.36. The number of carbonyl (C=O) groups excluding carboxylic acids is 1. The van der Waals surface area contributed by atoms with Gasteiger partial charge in [-0.2, -0.15) is 0 Å². The molecule has 166 valence electrons. The van der Waals surface area contributed by atoms with Crippen molar-refractivity contribution in [3.63, 3.8) is 0 Å². The van der Waals surface area contributed by atoms with Crippen LogP contribution in [0.3, 0.4) is 0 Å². The second-order valence-corrected chi connectivity index (χ2v) is 9.96. The molecule has 1 amide bonds. The number of thiophene rings is 1. The molecule has 0 saturated carbocycles. The van der Waals surface area contributed by atoms with E-state index in [1.165, 1.54) is 37.8 Å². The Morgan fingerprint density at radius 3 is 2.59 bits per heavy atom. The molecular formula is C26H30N4OS. The van der Waals surface area contributed by atoms with Gasteiger partial charge in [0.2, 0.25) is 0 Å². The summed E-state index contributed by atoms with van der Waals surface area (Å²) < 4.78 is 0. The maximum atomic E-state index is 12.8. The number of hydrogen-bond donors (Lipinski definition) is 3. The first kappa shape index (κ1) is 21.2. The molecular weight excluding hydrogens is 416 g/mol. The van der Waals surface area contributed by atoms with Gasteiger partial charge in [0.25, 0.3) is 5.91 Å². The Kier molecular flexibility index (Phi) is 6.00. The van der Waals surface area contributed by atoms with Crippen LogP contribution in [0.2, 0.25) is 0 Å². The van der Waals surface area contributed by atoms with Crippen LogP contribution in [0.5, 0.6) is 0 Å². The molecule has 0 bridgehead atoms. The lowest BCUT2D eigenvalue weighted by Crippen LogP contribution is -2.49. The monoisotopic (exact) mass is 446 g/mol. The standard InChI is InChI=1S/C26H30N4OS/c27-22-9-8-21(24-3-1-16-32-24)17-23(22)29-25(31)20-6-4-19(5-7-20)18-30-14-11-26(12-15-30)10-2-13-28-26/h1,3-9,16-17,28H,2,10-15,18,27H2,(H,29,31). The number of rotatable bonds is 5. The number of hydrogen-bond acceptors (Lipinski definition) is 5. The van der Waals surface area contributed by atoms with E-state index >= 15 is 0 Å². The van der Waals surface area contributed by atoms with E-state index in [9.17, 15) is 4.79 Å². The predicted octanol–water partition coefficient (Wildman–Crippen LogP) is 4.97. The molecule has 5 rings (SSSR count). The topological polar surface area (TPSA) is 70.4 Å². The molecule has 32 heavy (non-hydrogen) atoms. The lowest BCUT2D eigenvalue weighted by Gasteiger charge is -2.39. The summed E-state index contributed by atoms with van der Waals surface area (Å²) in [5.41, 5.74) is 10.7. The van der Waals surface area contributed by atoms with Gasteiger partial charge >= 0.3 is 0 Å². The van der Waals surface area contributed by atoms with Gasteiger partial charge in [0, 0.05) is 35.6 Å². The average Bonchev–Trinajstić information content (AvgIpc) is 3.50. The Balaban J connectivity index is 1.20. The van der Waals surface area contributed by atoms with Gasteiger partial charge < -0.3 is 16.4 Å². The van der Waals surface area contributed by atoms with Gasteiger partial charge in [-0.15, -0.1) is 11.3 Å². The fourth-order valence-corrected chi connectivity index (χ4v) is 5.63. The number of nitrogens with zero attached hydrogens (tertiary/aromatic N) is 1. The van der Waals surface area contributed by atoms with Gasteiger partial charge in [0.15, 0.2) is 0 Å². The van der Waals surface area contributed by atoms with Crippen molar-refractivity contribution in [1.82, 2.24) is 10.2 Å². The minimum absolute atomic E-state index is 0.140. The van der Waals surface area contributed by atoms with Gasteiger partial charge in [0.05, 0.1) is 11.4 Å². The maximum absolute atomic E-state index is 12.8. The number of nitrogens with two attached hydrogens (primary N) is 1. The number of nitrogens with one attached hydrogen (secondary N) is 2. The van der Waals surface area contributed by atoms with Gasteiger partial charge in [0.1, 0.15) is 0 Å². The molecule has 5 nitrogen and oxygen atoms in total. The molecule has 6 heteroatoms. The zero-order valence-corrected chi connectivity index (χ0v) is 19.1. The van der Waals surface area contributed by atoms with Crippen LogP contribution in [0.15, 0.2) is 60.0 Å². The molecule has 2 fully saturated rings. The number of benzene rings is 2. The second-order valence-electron chi connectivity index (χ2n) is 9.02. The first-order valence-corrected chi connectivity index (χ1v) is 12.3. The average molecular weight is 447 g/mol. The Morgan fingerprint density at radius 2 is 1.91 bits per heavy atom. The van der Waals surface area contributed by atoms with Crippen LogP contribution < -0.4 is 16.4 Å². The molecule has 0 atom stereocenters. The second kappa shape index (κ2) is 9.06. The Bertz CT molecular complexity index is 1060. The van der Waals surface area contributed by atoms with Crippen LogP contribution >= 0.6 is 11.3 Å². The lowest BCUT2D eigenvalue weighted by atomic mass is 9.86. The molecule has 2 aliphatic rings. The molecule has 1 aromatic heterocycles. The van der Waals surface area contributed by atoms with Crippen molar-refractivity contribution in [3.8, 4) is 10.4 Å². The van der Waals surface area contributed by atoms with Gasteiger partial charge in [-0.05, 0) is 79.1 Å². The summed E-state index contributed by atoms with van der Waals surface area (Å²) in [4.78, 5) is 16.5. The zero-order chi connectivity index (χ0) is 22.0. The zero-order valence-electron chi connectivity index (χ0n) is 18.3. The van der Waals surface area contributed by atoms with Crippen molar-refractivity contribution in [2.45, 2.75) is 37.8 Å². The third-order valence-corrected chi connectivity index (χ3v) is 7.79. The van der Waals surface area contributed by atoms with Gasteiger partial charge in [-0.3, -0.25) is 9.69 Å². The number of anilines is 2. The molecule has 0 unspecified atom stereocenters. The summed E-state index contributed by atoms with van der Waals surface area (Å²) in [7, 11) is 0. The number of piperidine rings is 1. The van der Waals surface area contributed by atoms with Crippen molar-refractivity contribution >= 4 is 28.6 Å². The van der Waals surface area contributed by atoms with Crippen LogP contribution in [-0.4, -0.2) is 36.0 Å². The summed E-state index contributed by atoms with van der Waals surface area (Å²) in [6, 6.07) is 17.8. The van der Waals surface area contributed by atoms with Crippen molar-refractivity contribution in [2.75, 3.05) is 30.7 Å². The van der Waals surface area contributed by atoms with E-state index in [1.54, 1.807) is 11.3 Å². The summed E-state index contributed by atoms with van der Waals surface area (Å²) in [5, 5.41) is 8.75. The lowest BCUT2D eigenvalue weighted by molar-refractivity contribution is 0.102. The van der Waals surface area contributed by atoms with E-state index in [0.29, 0.717) is 22.5 Å². The minimum atomic E-state index is -0.140. The highest BCUT2D eigenvalue weighted by molar-refractivity contribution is 7.13. The molecule has 3 aromatic rings. The smallest absolute Gasteiger partial charge is 0.255 e. The van der Waals surface area contributed by atoms with E-state index in [-0.39, 0.29) is 5.91 Å². The SMILES string of the molecule is Nc1ccc(-c2cccs2)cc1NC(=O)c1ccc(CN2CCC3(CCCN3)CC2)cc1. The predicted molar refractivity (Wildman–Crippen MR) is 133 cm³/mol. The first-order chi connectivity index (χ1) is 15.6. The van der Waals surface area contributed by atoms with E-state index in [2.05, 4.69) is 33.7 Å². The number of likely N-dealkylation sites (tertiary alicyclic amines) is 1. The Labute approximate surface area is 193 Å². The molecule has 3 heterocycles. The minimum Gasteiger partial charge on any atom is -0.397 e. The normalized spacial score (nSPS) is 18.1. The largest absolute Gasteiger partial charge is 0.397 e. The highest BCUT2D eigenvalue weighted by atomic mass is 32.1. The molecule has 2 aromatic carbocycles. The molecule has 2 saturated heterocycles. The van der Waals surface area contributed by atoms with Crippen molar-refractivity contribution in [1.29, 1.82) is 0 Å². The van der Waals surface area contributed by atoms with Crippen LogP contribution in [0.25, 0.3) is 10.4 Å². The maximum Gasteiger partial charge on any atom is 0.255 e. The van der Waals surface area contributed by atoms with E-state index in [1.807, 2.05) is 41.8 Å². The van der Waals surface area contributed by atoms with E-state index in [0.717, 1.165) is 30.1 Å². The summed E-state index contributed by atoms with van der Waals surface area (Å²) >= 11 is 1.67. The van der Waals surface area contributed by atoms with Crippen LogP contribution in [0, 0.1) is 0 Å². The molecule has 1 spiro atoms. The van der Waals surface area contributed by atoms with Crippen molar-refractivity contribution in [3.05, 3.63) is 71.1 Å². The summed E-state index contributed by atoms with van der Waals surface area (Å²) in [5.74, 6) is -0.140. The third kappa shape index (κ3) is 4.58. The third-order valence-electron chi connectivity index (χ3n) is 6.87. The quantitative estimate of drug-likeness (QED) is 0.484. The Hall–Kier alpha value is -2.67. The van der Waals surface area contributed by atoms with E-state index < -0.39 is 0 Å². The van der Waals surface area contributed by atoms with Crippen molar-refractivity contribution < 1.29 is 4.79 Å². The number of nitrogen functional groups attached to an aromatic ring is 1. The molecule has 2 aliphatic heterocycles. The Morgan fingerprint density at radius 1 is 1.09 bits per heavy atom. The van der Waals surface area contributed by atoms with Crippen molar-refractivity contribution in [2.24, 2.45) is 0 Å². The molecule has 0 radical (unpaired) electrons. The van der Waals surface area contributed by atoms with Crippen LogP contribution in [0.1, 0.15) is 41.6 Å². The highest BCUT2D eigenvalue weighted by Crippen LogP contribution is 2.32. The molecule has 0 aliphatic carbocycles. The summed E-state index contributed by atoms with van der Waals surface area (Å²) in [6.07, 6.45) is 5.11. The summed E-state index contributed by atoms with van der Waals surface area (Å²) in [6.45, 7) is 4.38. The van der Waals surface area contributed by atoms with E-state index in [4.69, 9.17) is 5.73 Å². The van der Waals surface area contributed by atoms with Crippen LogP contribution in [-0.2, 0) is 6.54 Å². The van der Waals surface area contributed by atoms with Gasteiger partial charge in [-0.25, -0.2) is 0 Å². The van der Waals surface area contributed by atoms with Gasteiger partial charge in [-0.1, -0.05) is 24.3 Å². The fourth-order valence-electron chi connectivity index (χ4n) is 4.91. The number of amides is 1.